The van der Waals surface area contributed by atoms with Gasteiger partial charge in [0.1, 0.15) is 5.82 Å². The largest absolute Gasteiger partial charge is 0.371 e. The molecule has 0 bridgehead atoms. The van der Waals surface area contributed by atoms with E-state index in [-0.39, 0.29) is 11.9 Å². The third-order valence-corrected chi connectivity index (χ3v) is 3.94. The molecule has 0 amide bonds. The van der Waals surface area contributed by atoms with Gasteiger partial charge in [0.2, 0.25) is 0 Å². The SMILES string of the molecule is Fc1ccc(C2CN(Cc3ccncc3)CCO2)c(Cl)c1. The summed E-state index contributed by atoms with van der Waals surface area (Å²) in [5, 5.41) is 0.422. The average molecular weight is 307 g/mol. The van der Waals surface area contributed by atoms with Gasteiger partial charge in [0.15, 0.2) is 0 Å². The van der Waals surface area contributed by atoms with Crippen molar-refractivity contribution in [2.24, 2.45) is 0 Å². The van der Waals surface area contributed by atoms with Gasteiger partial charge in [-0.15, -0.1) is 0 Å². The minimum Gasteiger partial charge on any atom is -0.371 e. The van der Waals surface area contributed by atoms with Gasteiger partial charge < -0.3 is 4.74 Å². The fourth-order valence-electron chi connectivity index (χ4n) is 2.54. The molecule has 1 atom stereocenters. The molecule has 0 aliphatic carbocycles. The van der Waals surface area contributed by atoms with Crippen molar-refractivity contribution in [1.82, 2.24) is 9.88 Å². The minimum atomic E-state index is -0.326. The summed E-state index contributed by atoms with van der Waals surface area (Å²) in [7, 11) is 0. The number of ether oxygens (including phenoxy) is 1. The van der Waals surface area contributed by atoms with Crippen molar-refractivity contribution in [3.8, 4) is 0 Å². The zero-order valence-corrected chi connectivity index (χ0v) is 12.3. The molecule has 0 radical (unpaired) electrons. The molecule has 5 heteroatoms. The number of aromatic nitrogens is 1. The Bertz CT molecular complexity index is 608. The van der Waals surface area contributed by atoms with E-state index in [9.17, 15) is 4.39 Å². The smallest absolute Gasteiger partial charge is 0.124 e. The van der Waals surface area contributed by atoms with Gasteiger partial charge in [0, 0.05) is 42.6 Å². The number of rotatable bonds is 3. The highest BCUT2D eigenvalue weighted by Crippen LogP contribution is 2.29. The van der Waals surface area contributed by atoms with Gasteiger partial charge in [0.05, 0.1) is 12.7 Å². The summed E-state index contributed by atoms with van der Waals surface area (Å²) >= 11 is 6.12. The lowest BCUT2D eigenvalue weighted by Crippen LogP contribution is -2.37. The highest BCUT2D eigenvalue weighted by Gasteiger charge is 2.23. The van der Waals surface area contributed by atoms with Crippen molar-refractivity contribution in [2.75, 3.05) is 19.7 Å². The van der Waals surface area contributed by atoms with Crippen LogP contribution in [0.4, 0.5) is 4.39 Å². The predicted molar refractivity (Wildman–Crippen MR) is 79.6 cm³/mol. The summed E-state index contributed by atoms with van der Waals surface area (Å²) < 4.78 is 18.9. The summed E-state index contributed by atoms with van der Waals surface area (Å²) in [6.45, 7) is 3.11. The second-order valence-electron chi connectivity index (χ2n) is 5.12. The summed E-state index contributed by atoms with van der Waals surface area (Å²) in [5.74, 6) is -0.326. The molecule has 0 spiro atoms. The Balaban J connectivity index is 1.71. The van der Waals surface area contributed by atoms with Crippen LogP contribution in [0.2, 0.25) is 5.02 Å². The van der Waals surface area contributed by atoms with E-state index >= 15 is 0 Å². The first kappa shape index (κ1) is 14.4. The predicted octanol–water partition coefficient (Wildman–Crippen LogP) is 3.45. The van der Waals surface area contributed by atoms with E-state index in [0.717, 1.165) is 25.2 Å². The van der Waals surface area contributed by atoms with E-state index < -0.39 is 0 Å². The number of halogens is 2. The Labute approximate surface area is 128 Å². The molecule has 0 N–H and O–H groups in total. The number of hydrogen-bond donors (Lipinski definition) is 0. The van der Waals surface area contributed by atoms with Crippen LogP contribution in [0.5, 0.6) is 0 Å². The normalized spacial score (nSPS) is 19.6. The Morgan fingerprint density at radius 2 is 2.10 bits per heavy atom. The molecule has 1 aromatic heterocycles. The maximum atomic E-state index is 13.1. The molecule has 3 nitrogen and oxygen atoms in total. The highest BCUT2D eigenvalue weighted by molar-refractivity contribution is 6.31. The number of morpholine rings is 1. The molecule has 110 valence electrons. The van der Waals surface area contributed by atoms with E-state index in [4.69, 9.17) is 16.3 Å². The first-order valence-electron chi connectivity index (χ1n) is 6.90. The monoisotopic (exact) mass is 306 g/mol. The average Bonchev–Trinajstić information content (AvgIpc) is 2.48. The number of hydrogen-bond acceptors (Lipinski definition) is 3. The second-order valence-corrected chi connectivity index (χ2v) is 5.52. The van der Waals surface area contributed by atoms with E-state index in [0.29, 0.717) is 11.6 Å². The molecule has 1 aromatic carbocycles. The molecule has 21 heavy (non-hydrogen) atoms. The van der Waals surface area contributed by atoms with Gasteiger partial charge in [-0.3, -0.25) is 9.88 Å². The maximum absolute atomic E-state index is 13.1. The van der Waals surface area contributed by atoms with Crippen LogP contribution in [0.25, 0.3) is 0 Å². The van der Waals surface area contributed by atoms with Crippen molar-refractivity contribution >= 4 is 11.6 Å². The van der Waals surface area contributed by atoms with Gasteiger partial charge in [-0.05, 0) is 29.8 Å². The number of nitrogens with zero attached hydrogens (tertiary/aromatic N) is 2. The molecule has 1 aliphatic rings. The van der Waals surface area contributed by atoms with Crippen molar-refractivity contribution in [1.29, 1.82) is 0 Å². The first-order valence-corrected chi connectivity index (χ1v) is 7.28. The minimum absolute atomic E-state index is 0.117. The van der Waals surface area contributed by atoms with Crippen molar-refractivity contribution < 1.29 is 9.13 Å². The van der Waals surface area contributed by atoms with E-state index in [1.807, 2.05) is 12.1 Å². The van der Waals surface area contributed by atoms with E-state index in [1.54, 1.807) is 18.5 Å². The van der Waals surface area contributed by atoms with Crippen LogP contribution in [0, 0.1) is 5.82 Å². The zero-order chi connectivity index (χ0) is 14.7. The van der Waals surface area contributed by atoms with Gasteiger partial charge in [0.25, 0.3) is 0 Å². The van der Waals surface area contributed by atoms with Crippen LogP contribution in [0.3, 0.4) is 0 Å². The molecule has 1 fully saturated rings. The van der Waals surface area contributed by atoms with Crippen LogP contribution >= 0.6 is 11.6 Å². The molecule has 3 rings (SSSR count). The molecule has 1 unspecified atom stereocenters. The Kier molecular flexibility index (Phi) is 4.48. The molecule has 0 saturated carbocycles. The fourth-order valence-corrected chi connectivity index (χ4v) is 2.83. The fraction of sp³-hybridized carbons (Fsp3) is 0.312. The maximum Gasteiger partial charge on any atom is 0.124 e. The Morgan fingerprint density at radius 3 is 2.86 bits per heavy atom. The second kappa shape index (κ2) is 6.52. The lowest BCUT2D eigenvalue weighted by molar-refractivity contribution is -0.0329. The Hall–Kier alpha value is -1.49. The standard InChI is InChI=1S/C16H16ClFN2O/c17-15-9-13(18)1-2-14(15)16-11-20(7-8-21-16)10-12-3-5-19-6-4-12/h1-6,9,16H,7-8,10-11H2. The zero-order valence-electron chi connectivity index (χ0n) is 11.5. The van der Waals surface area contributed by atoms with Gasteiger partial charge in [-0.25, -0.2) is 4.39 Å². The molecular formula is C16H16ClFN2O. The number of benzene rings is 1. The van der Waals surface area contributed by atoms with Crippen LogP contribution < -0.4 is 0 Å². The summed E-state index contributed by atoms with van der Waals surface area (Å²) in [6, 6.07) is 8.48. The van der Waals surface area contributed by atoms with Gasteiger partial charge in [-0.2, -0.15) is 0 Å². The molecule has 1 saturated heterocycles. The van der Waals surface area contributed by atoms with Crippen LogP contribution in [0.15, 0.2) is 42.7 Å². The van der Waals surface area contributed by atoms with Gasteiger partial charge in [-0.1, -0.05) is 17.7 Å². The van der Waals surface area contributed by atoms with Crippen LogP contribution in [-0.2, 0) is 11.3 Å². The first-order chi connectivity index (χ1) is 10.2. The summed E-state index contributed by atoms with van der Waals surface area (Å²) in [4.78, 5) is 6.33. The summed E-state index contributed by atoms with van der Waals surface area (Å²) in [6.07, 6.45) is 3.47. The third kappa shape index (κ3) is 3.59. The molecule has 1 aliphatic heterocycles. The summed E-state index contributed by atoms with van der Waals surface area (Å²) in [5.41, 5.74) is 2.06. The van der Waals surface area contributed by atoms with E-state index in [1.165, 1.54) is 17.7 Å². The molecule has 2 heterocycles. The van der Waals surface area contributed by atoms with Crippen molar-refractivity contribution in [3.63, 3.8) is 0 Å². The Morgan fingerprint density at radius 1 is 1.29 bits per heavy atom. The quantitative estimate of drug-likeness (QED) is 0.868. The molecule has 2 aromatic rings. The van der Waals surface area contributed by atoms with Gasteiger partial charge >= 0.3 is 0 Å². The number of pyridine rings is 1. The lowest BCUT2D eigenvalue weighted by atomic mass is 10.1. The van der Waals surface area contributed by atoms with E-state index in [2.05, 4.69) is 9.88 Å². The molecular weight excluding hydrogens is 291 g/mol. The van der Waals surface area contributed by atoms with Crippen molar-refractivity contribution in [2.45, 2.75) is 12.6 Å². The van der Waals surface area contributed by atoms with Crippen molar-refractivity contribution in [3.05, 3.63) is 64.7 Å². The van der Waals surface area contributed by atoms with Crippen LogP contribution in [0.1, 0.15) is 17.2 Å². The highest BCUT2D eigenvalue weighted by atomic mass is 35.5. The topological polar surface area (TPSA) is 25.4 Å². The third-order valence-electron chi connectivity index (χ3n) is 3.62. The van der Waals surface area contributed by atoms with Crippen LogP contribution in [-0.4, -0.2) is 29.6 Å². The lowest BCUT2D eigenvalue weighted by Gasteiger charge is -2.33.